The van der Waals surface area contributed by atoms with Gasteiger partial charge in [0.25, 0.3) is 5.91 Å². The number of benzene rings is 1. The number of para-hydroxylation sites is 1. The van der Waals surface area contributed by atoms with E-state index in [-0.39, 0.29) is 12.2 Å². The number of hydrogen-bond acceptors (Lipinski definition) is 5. The second kappa shape index (κ2) is 7.84. The van der Waals surface area contributed by atoms with Crippen LogP contribution in [0.2, 0.25) is 0 Å². The van der Waals surface area contributed by atoms with Gasteiger partial charge in [0, 0.05) is 11.4 Å². The van der Waals surface area contributed by atoms with Crippen molar-refractivity contribution in [2.45, 2.75) is 27.7 Å². The van der Waals surface area contributed by atoms with Crippen LogP contribution in [0.5, 0.6) is 0 Å². The maximum absolute atomic E-state index is 11.9. The van der Waals surface area contributed by atoms with Crippen molar-refractivity contribution in [3.63, 3.8) is 0 Å². The summed E-state index contributed by atoms with van der Waals surface area (Å²) in [6, 6.07) is 7.58. The van der Waals surface area contributed by atoms with E-state index in [4.69, 9.17) is 5.26 Å². The first-order chi connectivity index (χ1) is 10.4. The highest BCUT2D eigenvalue weighted by molar-refractivity contribution is 6.05. The van der Waals surface area contributed by atoms with E-state index < -0.39 is 12.0 Å². The van der Waals surface area contributed by atoms with Gasteiger partial charge in [-0.2, -0.15) is 5.26 Å². The highest BCUT2D eigenvalue weighted by Gasteiger charge is 2.17. The van der Waals surface area contributed by atoms with Crippen LogP contribution in [-0.2, 0) is 9.53 Å². The molecule has 0 radical (unpaired) electrons. The summed E-state index contributed by atoms with van der Waals surface area (Å²) in [6.45, 7) is 7.22. The fourth-order valence-corrected chi connectivity index (χ4v) is 1.89. The number of rotatable bonds is 4. The van der Waals surface area contributed by atoms with Crippen LogP contribution in [0, 0.1) is 25.2 Å². The third kappa shape index (κ3) is 4.35. The van der Waals surface area contributed by atoms with E-state index in [0.29, 0.717) is 5.70 Å². The molecule has 0 fully saturated rings. The lowest BCUT2D eigenvalue weighted by Crippen LogP contribution is -2.32. The van der Waals surface area contributed by atoms with Crippen LogP contribution < -0.4 is 10.6 Å². The van der Waals surface area contributed by atoms with Gasteiger partial charge in [0.1, 0.15) is 11.6 Å². The summed E-state index contributed by atoms with van der Waals surface area (Å²) in [5, 5.41) is 14.2. The van der Waals surface area contributed by atoms with Crippen molar-refractivity contribution < 1.29 is 14.3 Å². The number of amides is 2. The Bertz CT molecular complexity index is 637. The molecule has 0 aromatic heterocycles. The van der Waals surface area contributed by atoms with Gasteiger partial charge in [-0.25, -0.2) is 4.79 Å². The standard InChI is InChI=1S/C16H19N3O3/c1-5-22-16(21)19-15(20)13(9-17)12(4)18-14-10(2)7-6-8-11(14)3/h6-8,18H,5H2,1-4H3,(H,19,20,21)/b13-12-. The molecule has 2 amide bonds. The van der Waals surface area contributed by atoms with Gasteiger partial charge in [0.2, 0.25) is 0 Å². The van der Waals surface area contributed by atoms with Crippen molar-refractivity contribution >= 4 is 17.7 Å². The molecule has 0 spiro atoms. The van der Waals surface area contributed by atoms with Crippen LogP contribution in [0.1, 0.15) is 25.0 Å². The summed E-state index contributed by atoms with van der Waals surface area (Å²) in [5.74, 6) is -0.794. The number of nitriles is 1. The minimum Gasteiger partial charge on any atom is -0.450 e. The third-order valence-corrected chi connectivity index (χ3v) is 3.00. The van der Waals surface area contributed by atoms with Gasteiger partial charge in [-0.05, 0) is 38.8 Å². The molecule has 0 unspecified atom stereocenters. The Morgan fingerprint density at radius 2 is 1.86 bits per heavy atom. The van der Waals surface area contributed by atoms with E-state index in [9.17, 15) is 9.59 Å². The number of anilines is 1. The van der Waals surface area contributed by atoms with E-state index in [2.05, 4.69) is 10.1 Å². The van der Waals surface area contributed by atoms with Crippen LogP contribution >= 0.6 is 0 Å². The number of allylic oxidation sites excluding steroid dienone is 1. The lowest BCUT2D eigenvalue weighted by Gasteiger charge is -2.14. The smallest absolute Gasteiger partial charge is 0.414 e. The van der Waals surface area contributed by atoms with Crippen molar-refractivity contribution in [1.82, 2.24) is 5.32 Å². The Hall–Kier alpha value is -2.81. The maximum atomic E-state index is 11.9. The number of carbonyl (C=O) groups is 2. The lowest BCUT2D eigenvalue weighted by atomic mass is 10.1. The highest BCUT2D eigenvalue weighted by Crippen LogP contribution is 2.22. The van der Waals surface area contributed by atoms with Crippen molar-refractivity contribution in [3.8, 4) is 6.07 Å². The average Bonchev–Trinajstić information content (AvgIpc) is 2.44. The zero-order valence-corrected chi connectivity index (χ0v) is 13.1. The largest absolute Gasteiger partial charge is 0.450 e. The zero-order valence-electron chi connectivity index (χ0n) is 13.1. The van der Waals surface area contributed by atoms with E-state index in [0.717, 1.165) is 16.8 Å². The van der Waals surface area contributed by atoms with Gasteiger partial charge in [-0.15, -0.1) is 0 Å². The Morgan fingerprint density at radius 1 is 1.27 bits per heavy atom. The predicted molar refractivity (Wildman–Crippen MR) is 83.0 cm³/mol. The second-order valence-electron chi connectivity index (χ2n) is 4.68. The summed E-state index contributed by atoms with van der Waals surface area (Å²) in [6.07, 6.45) is -0.875. The minimum atomic E-state index is -0.875. The molecule has 116 valence electrons. The van der Waals surface area contributed by atoms with Crippen LogP contribution in [0.4, 0.5) is 10.5 Å². The van der Waals surface area contributed by atoms with Crippen molar-refractivity contribution in [3.05, 3.63) is 40.6 Å². The second-order valence-corrected chi connectivity index (χ2v) is 4.68. The molecule has 1 aromatic carbocycles. The Kier molecular flexibility index (Phi) is 6.14. The summed E-state index contributed by atoms with van der Waals surface area (Å²) in [4.78, 5) is 23.2. The molecular weight excluding hydrogens is 282 g/mol. The Balaban J connectivity index is 3.00. The molecule has 6 heteroatoms. The Labute approximate surface area is 129 Å². The normalized spacial score (nSPS) is 11.0. The van der Waals surface area contributed by atoms with Crippen LogP contribution in [-0.4, -0.2) is 18.6 Å². The fraction of sp³-hybridized carbons (Fsp3) is 0.312. The quantitative estimate of drug-likeness (QED) is 0.659. The molecule has 1 rings (SSSR count). The molecule has 0 aliphatic heterocycles. The number of ether oxygens (including phenoxy) is 1. The van der Waals surface area contributed by atoms with Crippen LogP contribution in [0.25, 0.3) is 0 Å². The van der Waals surface area contributed by atoms with Crippen molar-refractivity contribution in [1.29, 1.82) is 5.26 Å². The topological polar surface area (TPSA) is 91.2 Å². The van der Waals surface area contributed by atoms with Gasteiger partial charge < -0.3 is 10.1 Å². The highest BCUT2D eigenvalue weighted by atomic mass is 16.5. The van der Waals surface area contributed by atoms with E-state index in [1.807, 2.05) is 37.4 Å². The predicted octanol–water partition coefficient (Wildman–Crippen LogP) is 2.79. The number of imide groups is 1. The van der Waals surface area contributed by atoms with E-state index in [1.165, 1.54) is 0 Å². The third-order valence-electron chi connectivity index (χ3n) is 3.00. The van der Waals surface area contributed by atoms with Crippen molar-refractivity contribution in [2.75, 3.05) is 11.9 Å². The number of carbonyl (C=O) groups excluding carboxylic acids is 2. The summed E-state index contributed by atoms with van der Waals surface area (Å²) in [7, 11) is 0. The lowest BCUT2D eigenvalue weighted by molar-refractivity contribution is -0.116. The number of nitrogens with one attached hydrogen (secondary N) is 2. The number of hydrogen-bond donors (Lipinski definition) is 2. The minimum absolute atomic E-state index is 0.143. The molecule has 0 atom stereocenters. The average molecular weight is 301 g/mol. The maximum Gasteiger partial charge on any atom is 0.414 e. The molecular formula is C16H19N3O3. The van der Waals surface area contributed by atoms with Gasteiger partial charge in [-0.1, -0.05) is 18.2 Å². The first-order valence-electron chi connectivity index (χ1n) is 6.83. The van der Waals surface area contributed by atoms with Gasteiger partial charge in [0.15, 0.2) is 0 Å². The molecule has 0 bridgehead atoms. The number of aryl methyl sites for hydroxylation is 2. The van der Waals surface area contributed by atoms with Crippen LogP contribution in [0.3, 0.4) is 0 Å². The fourth-order valence-electron chi connectivity index (χ4n) is 1.89. The first-order valence-corrected chi connectivity index (χ1v) is 6.83. The molecule has 0 aliphatic rings. The zero-order chi connectivity index (χ0) is 16.7. The van der Waals surface area contributed by atoms with E-state index >= 15 is 0 Å². The molecule has 0 aliphatic carbocycles. The van der Waals surface area contributed by atoms with Gasteiger partial charge in [0.05, 0.1) is 6.61 Å². The molecule has 6 nitrogen and oxygen atoms in total. The molecule has 22 heavy (non-hydrogen) atoms. The summed E-state index contributed by atoms with van der Waals surface area (Å²) < 4.78 is 4.62. The molecule has 0 heterocycles. The first kappa shape index (κ1) is 17.2. The monoisotopic (exact) mass is 301 g/mol. The molecule has 0 saturated carbocycles. The van der Waals surface area contributed by atoms with Gasteiger partial charge in [-0.3, -0.25) is 10.1 Å². The number of alkyl carbamates (subject to hydrolysis) is 1. The number of nitrogens with zero attached hydrogens (tertiary/aromatic N) is 1. The summed E-state index contributed by atoms with van der Waals surface area (Å²) >= 11 is 0. The SMILES string of the molecule is CCOC(=O)NC(=O)/C(C#N)=C(/C)Nc1c(C)cccc1C. The van der Waals surface area contributed by atoms with Crippen LogP contribution in [0.15, 0.2) is 29.5 Å². The summed E-state index contributed by atoms with van der Waals surface area (Å²) in [5.41, 5.74) is 3.00. The molecule has 0 saturated heterocycles. The van der Waals surface area contributed by atoms with E-state index in [1.54, 1.807) is 19.9 Å². The van der Waals surface area contributed by atoms with Gasteiger partial charge >= 0.3 is 6.09 Å². The Morgan fingerprint density at radius 3 is 2.36 bits per heavy atom. The van der Waals surface area contributed by atoms with Crippen molar-refractivity contribution in [2.24, 2.45) is 0 Å². The molecule has 1 aromatic rings. The molecule has 2 N–H and O–H groups in total.